The number of halogens is 12. The van der Waals surface area contributed by atoms with Crippen LogP contribution in [0.2, 0.25) is 0 Å². The molecule has 0 atom stereocenters. The highest BCUT2D eigenvalue weighted by Gasteiger charge is 2.75. The highest BCUT2D eigenvalue weighted by atomic mass is 19.4. The molecule has 184 valence electrons. The number of phenols is 2. The Balaban J connectivity index is 3.35. The highest BCUT2D eigenvalue weighted by Crippen LogP contribution is 2.61. The molecule has 4 nitrogen and oxygen atoms in total. The lowest BCUT2D eigenvalue weighted by Gasteiger charge is -2.41. The molecule has 0 amide bonds. The molecule has 0 bridgehead atoms. The van der Waals surface area contributed by atoms with E-state index in [1.807, 2.05) is 0 Å². The molecular weight excluding hydrogens is 492 g/mol. The van der Waals surface area contributed by atoms with E-state index in [9.17, 15) is 62.9 Å². The average Bonchev–Trinajstić information content (AvgIpc) is 2.56. The van der Waals surface area contributed by atoms with E-state index in [1.165, 1.54) is 0 Å². The molecular formula is C17H10F12N2O2. The standard InChI is InChI=1S/C17H10F12N2O2/c18-14(19,20)7-1-9(30)11(32)3-5(7)13(16(24,25)26,17(27,28)29)6-4-12(33)10(31)2-8(6)15(21,22)23/h1-4,32-33H,30-31H2. The van der Waals surface area contributed by atoms with Gasteiger partial charge >= 0.3 is 24.7 Å². The fraction of sp³-hybridized carbons (Fsp3) is 0.294. The summed E-state index contributed by atoms with van der Waals surface area (Å²) in [4.78, 5) is 0. The summed E-state index contributed by atoms with van der Waals surface area (Å²) in [5.74, 6) is -3.41. The quantitative estimate of drug-likeness (QED) is 0.241. The minimum absolute atomic E-state index is 0.485. The lowest BCUT2D eigenvalue weighted by atomic mass is 9.69. The number of hydrogen-bond acceptors (Lipinski definition) is 4. The largest absolute Gasteiger partial charge is 0.506 e. The molecule has 0 spiro atoms. The van der Waals surface area contributed by atoms with Crippen LogP contribution >= 0.6 is 0 Å². The Morgan fingerprint density at radius 1 is 0.485 bits per heavy atom. The Morgan fingerprint density at radius 3 is 0.970 bits per heavy atom. The zero-order chi connectivity index (χ0) is 25.9. The number of hydrogen-bond donors (Lipinski definition) is 4. The molecule has 0 aromatic heterocycles. The van der Waals surface area contributed by atoms with Crippen LogP contribution in [0.5, 0.6) is 11.5 Å². The molecule has 2 aromatic carbocycles. The fourth-order valence-corrected chi connectivity index (χ4v) is 3.22. The molecule has 0 fully saturated rings. The van der Waals surface area contributed by atoms with E-state index in [1.54, 1.807) is 0 Å². The van der Waals surface area contributed by atoms with Crippen molar-refractivity contribution in [2.45, 2.75) is 30.1 Å². The van der Waals surface area contributed by atoms with Crippen molar-refractivity contribution in [2.75, 3.05) is 11.5 Å². The minimum Gasteiger partial charge on any atom is -0.506 e. The average molecular weight is 502 g/mol. The SMILES string of the molecule is Nc1cc(C(F)(F)F)c(C(c2cc(O)c(N)cc2C(F)(F)F)(C(F)(F)F)C(F)(F)F)cc1O. The first-order chi connectivity index (χ1) is 14.6. The lowest BCUT2D eigenvalue weighted by Crippen LogP contribution is -2.56. The maximum absolute atomic E-state index is 14.2. The molecule has 0 heterocycles. The molecule has 0 saturated heterocycles. The first kappa shape index (κ1) is 26.1. The molecule has 16 heteroatoms. The summed E-state index contributed by atoms with van der Waals surface area (Å²) in [7, 11) is 0. The Kier molecular flexibility index (Phi) is 5.85. The second-order valence-electron chi connectivity index (χ2n) is 6.65. The lowest BCUT2D eigenvalue weighted by molar-refractivity contribution is -0.290. The first-order valence-electron chi connectivity index (χ1n) is 8.10. The second kappa shape index (κ2) is 7.41. The van der Waals surface area contributed by atoms with Crippen molar-refractivity contribution in [3.8, 4) is 11.5 Å². The smallest absolute Gasteiger partial charge is 0.416 e. The Labute approximate surface area is 175 Å². The van der Waals surface area contributed by atoms with Gasteiger partial charge in [-0.05, 0) is 35.4 Å². The van der Waals surface area contributed by atoms with Gasteiger partial charge in [-0.15, -0.1) is 0 Å². The van der Waals surface area contributed by atoms with Crippen molar-refractivity contribution in [3.05, 3.63) is 46.5 Å². The van der Waals surface area contributed by atoms with E-state index in [0.717, 1.165) is 0 Å². The maximum atomic E-state index is 14.2. The predicted octanol–water partition coefficient (Wildman–Crippen LogP) is 5.71. The second-order valence-corrected chi connectivity index (χ2v) is 6.65. The number of phenolic OH excluding ortho intramolecular Hbond substituents is 2. The van der Waals surface area contributed by atoms with Crippen LogP contribution < -0.4 is 11.5 Å². The summed E-state index contributed by atoms with van der Waals surface area (Å²) in [6.45, 7) is 0. The number of nitrogen functional groups attached to an aromatic ring is 2. The van der Waals surface area contributed by atoms with Gasteiger partial charge in [-0.3, -0.25) is 0 Å². The molecule has 0 radical (unpaired) electrons. The number of nitrogens with two attached hydrogens (primary N) is 2. The molecule has 0 aliphatic carbocycles. The number of alkyl halides is 12. The molecule has 0 aliphatic heterocycles. The van der Waals surface area contributed by atoms with Gasteiger partial charge in [-0.25, -0.2) is 0 Å². The normalized spacial score (nSPS) is 13.9. The van der Waals surface area contributed by atoms with Crippen molar-refractivity contribution in [2.24, 2.45) is 0 Å². The fourth-order valence-electron chi connectivity index (χ4n) is 3.22. The van der Waals surface area contributed by atoms with Crippen LogP contribution in [0.4, 0.5) is 64.1 Å². The summed E-state index contributed by atoms with van der Waals surface area (Å²) in [6.07, 6.45) is -25.9. The van der Waals surface area contributed by atoms with E-state index in [4.69, 9.17) is 11.5 Å². The van der Waals surface area contributed by atoms with Gasteiger partial charge in [0.15, 0.2) is 0 Å². The van der Waals surface area contributed by atoms with Gasteiger partial charge in [0.1, 0.15) is 11.5 Å². The number of rotatable bonds is 2. The highest BCUT2D eigenvalue weighted by molar-refractivity contribution is 5.65. The number of anilines is 2. The third kappa shape index (κ3) is 4.13. The van der Waals surface area contributed by atoms with Crippen LogP contribution in [0.3, 0.4) is 0 Å². The summed E-state index contributed by atoms with van der Waals surface area (Å²) in [5, 5.41) is 19.1. The zero-order valence-electron chi connectivity index (χ0n) is 15.4. The topological polar surface area (TPSA) is 92.5 Å². The Morgan fingerprint density at radius 2 is 0.758 bits per heavy atom. The molecule has 0 saturated carbocycles. The van der Waals surface area contributed by atoms with Crippen LogP contribution in [-0.2, 0) is 17.8 Å². The van der Waals surface area contributed by atoms with E-state index in [0.29, 0.717) is 0 Å². The van der Waals surface area contributed by atoms with Gasteiger partial charge in [0.25, 0.3) is 0 Å². The molecule has 2 aromatic rings. The first-order valence-corrected chi connectivity index (χ1v) is 8.10. The van der Waals surface area contributed by atoms with Crippen molar-refractivity contribution >= 4 is 11.4 Å². The minimum atomic E-state index is -6.93. The van der Waals surface area contributed by atoms with Gasteiger partial charge in [0.05, 0.1) is 22.5 Å². The summed E-state index contributed by atoms with van der Waals surface area (Å²) in [6, 6.07) is -2.32. The number of benzene rings is 2. The molecule has 0 unspecified atom stereocenters. The van der Waals surface area contributed by atoms with Crippen LogP contribution in [-0.4, -0.2) is 22.6 Å². The van der Waals surface area contributed by atoms with Gasteiger partial charge in [0, 0.05) is 0 Å². The van der Waals surface area contributed by atoms with Crippen molar-refractivity contribution in [3.63, 3.8) is 0 Å². The van der Waals surface area contributed by atoms with Crippen LogP contribution in [0.15, 0.2) is 24.3 Å². The van der Waals surface area contributed by atoms with Gasteiger partial charge < -0.3 is 21.7 Å². The number of aromatic hydroxyl groups is 2. The van der Waals surface area contributed by atoms with Crippen LogP contribution in [0, 0.1) is 0 Å². The van der Waals surface area contributed by atoms with E-state index >= 15 is 0 Å². The molecule has 33 heavy (non-hydrogen) atoms. The van der Waals surface area contributed by atoms with Gasteiger partial charge in [-0.2, -0.15) is 52.7 Å². The monoisotopic (exact) mass is 502 g/mol. The summed E-state index contributed by atoms with van der Waals surface area (Å²) >= 11 is 0. The van der Waals surface area contributed by atoms with E-state index in [-0.39, 0.29) is 0 Å². The van der Waals surface area contributed by atoms with Crippen molar-refractivity contribution in [1.82, 2.24) is 0 Å². The van der Waals surface area contributed by atoms with E-state index in [2.05, 4.69) is 0 Å². The third-order valence-corrected chi connectivity index (χ3v) is 4.60. The third-order valence-electron chi connectivity index (χ3n) is 4.60. The van der Waals surface area contributed by atoms with Gasteiger partial charge in [0.2, 0.25) is 5.41 Å². The maximum Gasteiger partial charge on any atom is 0.416 e. The summed E-state index contributed by atoms with van der Waals surface area (Å²) in [5.41, 5.74) is -9.85. The Hall–Kier alpha value is -3.20. The van der Waals surface area contributed by atoms with Crippen LogP contribution in [0.1, 0.15) is 22.3 Å². The van der Waals surface area contributed by atoms with E-state index < -0.39 is 99.5 Å². The molecule has 2 rings (SSSR count). The molecule has 6 N–H and O–H groups in total. The molecule has 0 aliphatic rings. The zero-order valence-corrected chi connectivity index (χ0v) is 15.4. The predicted molar refractivity (Wildman–Crippen MR) is 87.9 cm³/mol. The summed E-state index contributed by atoms with van der Waals surface area (Å²) < 4.78 is 166. The Bertz CT molecular complexity index is 983. The van der Waals surface area contributed by atoms with Crippen LogP contribution in [0.25, 0.3) is 0 Å². The van der Waals surface area contributed by atoms with Crippen molar-refractivity contribution in [1.29, 1.82) is 0 Å². The van der Waals surface area contributed by atoms with Gasteiger partial charge in [-0.1, -0.05) is 0 Å². The van der Waals surface area contributed by atoms with Crippen molar-refractivity contribution < 1.29 is 62.9 Å².